The molecule has 0 aromatic rings. The van der Waals surface area contributed by atoms with Crippen LogP contribution in [0.5, 0.6) is 0 Å². The minimum atomic E-state index is -1.58. The van der Waals surface area contributed by atoms with E-state index in [1.54, 1.807) is 0 Å². The van der Waals surface area contributed by atoms with Gasteiger partial charge in [0, 0.05) is 6.54 Å². The number of amides is 2. The van der Waals surface area contributed by atoms with Crippen molar-refractivity contribution in [1.29, 1.82) is 5.41 Å². The number of carbonyl (C=O) groups excluding carboxylic acids is 2. The molecule has 0 rings (SSSR count). The Balaban J connectivity index is 4.14. The molecule has 12 nitrogen and oxygen atoms in total. The monoisotopic (exact) mass is 346 g/mol. The van der Waals surface area contributed by atoms with Gasteiger partial charge in [-0.15, -0.1) is 0 Å². The summed E-state index contributed by atoms with van der Waals surface area (Å²) in [6.45, 7) is -0.159. The lowest BCUT2D eigenvalue weighted by molar-refractivity contribution is -0.147. The summed E-state index contributed by atoms with van der Waals surface area (Å²) in [5, 5.41) is 31.0. The summed E-state index contributed by atoms with van der Waals surface area (Å²) in [4.78, 5) is 44.5. The van der Waals surface area contributed by atoms with Gasteiger partial charge in [0.15, 0.2) is 5.96 Å². The Bertz CT molecular complexity index is 496. The molecular weight excluding hydrogens is 324 g/mol. The molecule has 10 N–H and O–H groups in total. The molecule has 0 aromatic carbocycles. The van der Waals surface area contributed by atoms with Crippen LogP contribution in [0.2, 0.25) is 0 Å². The van der Waals surface area contributed by atoms with Crippen LogP contribution in [0.3, 0.4) is 0 Å². The van der Waals surface area contributed by atoms with Crippen molar-refractivity contribution in [3.63, 3.8) is 0 Å². The highest BCUT2D eigenvalue weighted by molar-refractivity contribution is 5.90. The number of guanidine groups is 1. The van der Waals surface area contributed by atoms with Crippen molar-refractivity contribution in [1.82, 2.24) is 16.0 Å². The standard InChI is InChI=1S/C12H22N6O6/c13-6(2-1-3-16-12(14)15)10(22)17-5-8(19)18-7(11(23)24)4-9(20)21/h6-7H,1-5,13H2,(H,17,22)(H,18,19)(H,20,21)(H,23,24)(H4,14,15,16)/t6-,7+/m1/s1. The Kier molecular flexibility index (Phi) is 9.48. The first-order valence-corrected chi connectivity index (χ1v) is 6.98. The summed E-state index contributed by atoms with van der Waals surface area (Å²) in [6.07, 6.45) is -0.0256. The molecule has 136 valence electrons. The van der Waals surface area contributed by atoms with Gasteiger partial charge < -0.3 is 37.6 Å². The Morgan fingerprint density at radius 1 is 1.12 bits per heavy atom. The van der Waals surface area contributed by atoms with Crippen molar-refractivity contribution in [2.75, 3.05) is 13.1 Å². The number of carbonyl (C=O) groups is 4. The number of nitrogens with one attached hydrogen (secondary N) is 4. The summed E-state index contributed by atoms with van der Waals surface area (Å²) < 4.78 is 0. The highest BCUT2D eigenvalue weighted by Gasteiger charge is 2.23. The molecule has 0 aliphatic rings. The number of hydrogen-bond acceptors (Lipinski definition) is 6. The molecule has 0 radical (unpaired) electrons. The van der Waals surface area contributed by atoms with Gasteiger partial charge in [-0.3, -0.25) is 19.8 Å². The van der Waals surface area contributed by atoms with Gasteiger partial charge >= 0.3 is 11.9 Å². The van der Waals surface area contributed by atoms with Crippen LogP contribution in [0.15, 0.2) is 0 Å². The first-order chi connectivity index (χ1) is 11.1. The van der Waals surface area contributed by atoms with E-state index in [4.69, 9.17) is 27.1 Å². The summed E-state index contributed by atoms with van der Waals surface area (Å²) in [5.74, 6) is -4.53. The van der Waals surface area contributed by atoms with E-state index in [1.807, 2.05) is 5.32 Å². The van der Waals surface area contributed by atoms with Gasteiger partial charge in [0.05, 0.1) is 19.0 Å². The van der Waals surface area contributed by atoms with Crippen LogP contribution in [0.1, 0.15) is 19.3 Å². The fraction of sp³-hybridized carbons (Fsp3) is 0.583. The summed E-state index contributed by atoms with van der Waals surface area (Å²) in [6, 6.07) is -2.47. The van der Waals surface area contributed by atoms with E-state index < -0.39 is 48.8 Å². The van der Waals surface area contributed by atoms with E-state index in [-0.39, 0.29) is 12.4 Å². The van der Waals surface area contributed by atoms with Crippen molar-refractivity contribution >= 4 is 29.7 Å². The maximum atomic E-state index is 11.7. The van der Waals surface area contributed by atoms with Gasteiger partial charge in [0.1, 0.15) is 6.04 Å². The lowest BCUT2D eigenvalue weighted by Gasteiger charge is -2.14. The Hall–Kier alpha value is -2.89. The van der Waals surface area contributed by atoms with Crippen molar-refractivity contribution in [3.05, 3.63) is 0 Å². The number of nitrogens with two attached hydrogens (primary N) is 2. The predicted octanol–water partition coefficient (Wildman–Crippen LogP) is -3.26. The third-order valence-corrected chi connectivity index (χ3v) is 2.78. The van der Waals surface area contributed by atoms with Crippen molar-refractivity contribution < 1.29 is 29.4 Å². The van der Waals surface area contributed by atoms with E-state index in [0.29, 0.717) is 13.0 Å². The Morgan fingerprint density at radius 3 is 2.25 bits per heavy atom. The molecule has 2 amide bonds. The fourth-order valence-corrected chi connectivity index (χ4v) is 1.59. The average Bonchev–Trinajstić information content (AvgIpc) is 2.47. The van der Waals surface area contributed by atoms with E-state index in [0.717, 1.165) is 0 Å². The highest BCUT2D eigenvalue weighted by atomic mass is 16.4. The van der Waals surface area contributed by atoms with Crippen LogP contribution in [0, 0.1) is 5.41 Å². The lowest BCUT2D eigenvalue weighted by Crippen LogP contribution is -2.49. The number of hydrogen-bond donors (Lipinski definition) is 8. The molecule has 0 aromatic heterocycles. The summed E-state index contributed by atoms with van der Waals surface area (Å²) in [7, 11) is 0. The van der Waals surface area contributed by atoms with Crippen LogP contribution in [0.4, 0.5) is 0 Å². The van der Waals surface area contributed by atoms with E-state index in [2.05, 4.69) is 10.6 Å². The van der Waals surface area contributed by atoms with Gasteiger partial charge in [-0.2, -0.15) is 0 Å². The van der Waals surface area contributed by atoms with Crippen LogP contribution < -0.4 is 27.4 Å². The summed E-state index contributed by atoms with van der Waals surface area (Å²) >= 11 is 0. The first kappa shape index (κ1) is 21.1. The molecule has 12 heteroatoms. The van der Waals surface area contributed by atoms with E-state index in [1.165, 1.54) is 0 Å². The van der Waals surface area contributed by atoms with Gasteiger partial charge in [-0.25, -0.2) is 4.79 Å². The van der Waals surface area contributed by atoms with Gasteiger partial charge in [-0.05, 0) is 12.8 Å². The molecule has 0 bridgehead atoms. The number of carboxylic acids is 2. The van der Waals surface area contributed by atoms with Crippen molar-refractivity contribution in [3.8, 4) is 0 Å². The van der Waals surface area contributed by atoms with Crippen LogP contribution in [-0.4, -0.2) is 65.1 Å². The number of carboxylic acid groups (broad SMARTS) is 2. The third-order valence-electron chi connectivity index (χ3n) is 2.78. The predicted molar refractivity (Wildman–Crippen MR) is 82.0 cm³/mol. The zero-order chi connectivity index (χ0) is 18.7. The van der Waals surface area contributed by atoms with Crippen LogP contribution in [-0.2, 0) is 19.2 Å². The van der Waals surface area contributed by atoms with E-state index in [9.17, 15) is 19.2 Å². The third kappa shape index (κ3) is 9.94. The molecule has 2 atom stereocenters. The largest absolute Gasteiger partial charge is 0.481 e. The molecule has 0 fully saturated rings. The number of aliphatic carboxylic acids is 2. The first-order valence-electron chi connectivity index (χ1n) is 6.98. The minimum Gasteiger partial charge on any atom is -0.481 e. The second-order valence-electron chi connectivity index (χ2n) is 4.86. The molecule has 0 aliphatic carbocycles. The minimum absolute atomic E-state index is 0.195. The maximum absolute atomic E-state index is 11.7. The molecule has 0 heterocycles. The smallest absolute Gasteiger partial charge is 0.326 e. The van der Waals surface area contributed by atoms with Gasteiger partial charge in [-0.1, -0.05) is 0 Å². The SMILES string of the molecule is N=C(N)NCCC[C@@H](N)C(=O)NCC(=O)N[C@@H](CC(=O)O)C(=O)O. The van der Waals surface area contributed by atoms with E-state index >= 15 is 0 Å². The fourth-order valence-electron chi connectivity index (χ4n) is 1.59. The Labute approximate surface area is 137 Å². The second-order valence-corrected chi connectivity index (χ2v) is 4.86. The molecule has 0 spiro atoms. The zero-order valence-corrected chi connectivity index (χ0v) is 12.9. The quantitative estimate of drug-likeness (QED) is 0.107. The van der Waals surface area contributed by atoms with Crippen LogP contribution >= 0.6 is 0 Å². The van der Waals surface area contributed by atoms with Crippen LogP contribution in [0.25, 0.3) is 0 Å². The second kappa shape index (κ2) is 10.8. The van der Waals surface area contributed by atoms with Crippen molar-refractivity contribution in [2.45, 2.75) is 31.3 Å². The van der Waals surface area contributed by atoms with Crippen molar-refractivity contribution in [2.24, 2.45) is 11.5 Å². The summed E-state index contributed by atoms with van der Waals surface area (Å²) in [5.41, 5.74) is 10.7. The molecule has 0 saturated carbocycles. The van der Waals surface area contributed by atoms with Gasteiger partial charge in [0.25, 0.3) is 0 Å². The maximum Gasteiger partial charge on any atom is 0.326 e. The molecular formula is C12H22N6O6. The lowest BCUT2D eigenvalue weighted by atomic mass is 10.1. The number of rotatable bonds is 11. The molecule has 0 unspecified atom stereocenters. The van der Waals surface area contributed by atoms with Gasteiger partial charge in [0.2, 0.25) is 11.8 Å². The molecule has 0 saturated heterocycles. The average molecular weight is 346 g/mol. The highest BCUT2D eigenvalue weighted by Crippen LogP contribution is 1.94. The normalized spacial score (nSPS) is 12.5. The zero-order valence-electron chi connectivity index (χ0n) is 12.9. The molecule has 0 aliphatic heterocycles. The Morgan fingerprint density at radius 2 is 1.75 bits per heavy atom. The molecule has 24 heavy (non-hydrogen) atoms. The topological polar surface area (TPSA) is 221 Å².